The number of rotatable bonds is 3. The highest BCUT2D eigenvalue weighted by atomic mass is 16.5. The molecule has 1 heterocycles. The van der Waals surface area contributed by atoms with Gasteiger partial charge in [-0.05, 0) is 38.0 Å². The van der Waals surface area contributed by atoms with Crippen LogP contribution in [0.1, 0.15) is 56.6 Å². The zero-order chi connectivity index (χ0) is 14.0. The summed E-state index contributed by atoms with van der Waals surface area (Å²) in [7, 11) is 0. The zero-order valence-corrected chi connectivity index (χ0v) is 11.9. The standard InChI is InChI=1S/C14H23N3O2/c1-4-19-14(18)12-13(15)17(8-16-12)11-6-5-9(2)7-10(11)3/h8-11H,4-7,15H2,1-3H3. The number of ether oxygens (including phenoxy) is 1. The van der Waals surface area contributed by atoms with E-state index in [4.69, 9.17) is 10.5 Å². The number of nitrogen functional groups attached to an aromatic ring is 1. The molecule has 106 valence electrons. The maximum absolute atomic E-state index is 11.7. The van der Waals surface area contributed by atoms with E-state index in [1.807, 2.05) is 4.57 Å². The van der Waals surface area contributed by atoms with E-state index in [0.29, 0.717) is 24.4 Å². The predicted molar refractivity (Wildman–Crippen MR) is 73.8 cm³/mol. The first-order chi connectivity index (χ1) is 9.04. The molecule has 5 nitrogen and oxygen atoms in total. The molecule has 0 radical (unpaired) electrons. The molecule has 0 spiro atoms. The van der Waals surface area contributed by atoms with Crippen molar-refractivity contribution in [3.63, 3.8) is 0 Å². The second kappa shape index (κ2) is 5.63. The van der Waals surface area contributed by atoms with Gasteiger partial charge >= 0.3 is 5.97 Å². The maximum Gasteiger partial charge on any atom is 0.360 e. The molecule has 3 unspecified atom stereocenters. The van der Waals surface area contributed by atoms with Crippen LogP contribution in [0.5, 0.6) is 0 Å². The fraction of sp³-hybridized carbons (Fsp3) is 0.714. The first kappa shape index (κ1) is 13.9. The van der Waals surface area contributed by atoms with E-state index < -0.39 is 5.97 Å². The number of carbonyl (C=O) groups is 1. The normalized spacial score (nSPS) is 27.2. The van der Waals surface area contributed by atoms with E-state index in [-0.39, 0.29) is 5.69 Å². The number of nitrogens with zero attached hydrogens (tertiary/aromatic N) is 2. The Kier molecular flexibility index (Phi) is 4.12. The molecule has 0 aliphatic heterocycles. The number of carbonyl (C=O) groups excluding carboxylic acids is 1. The first-order valence-corrected chi connectivity index (χ1v) is 7.04. The lowest BCUT2D eigenvalue weighted by molar-refractivity contribution is 0.0521. The first-order valence-electron chi connectivity index (χ1n) is 7.04. The van der Waals surface area contributed by atoms with Crippen LogP contribution >= 0.6 is 0 Å². The lowest BCUT2D eigenvalue weighted by Crippen LogP contribution is -2.25. The highest BCUT2D eigenvalue weighted by Crippen LogP contribution is 2.38. The van der Waals surface area contributed by atoms with Crippen molar-refractivity contribution in [3.05, 3.63) is 12.0 Å². The third kappa shape index (κ3) is 2.74. The molecule has 0 bridgehead atoms. The van der Waals surface area contributed by atoms with Gasteiger partial charge in [-0.15, -0.1) is 0 Å². The number of imidazole rings is 1. The van der Waals surface area contributed by atoms with E-state index in [1.54, 1.807) is 13.3 Å². The van der Waals surface area contributed by atoms with Gasteiger partial charge in [0.2, 0.25) is 0 Å². The smallest absolute Gasteiger partial charge is 0.360 e. The molecule has 1 fully saturated rings. The lowest BCUT2D eigenvalue weighted by atomic mass is 9.80. The van der Waals surface area contributed by atoms with Crippen molar-refractivity contribution in [3.8, 4) is 0 Å². The molecule has 2 N–H and O–H groups in total. The third-order valence-corrected chi connectivity index (χ3v) is 4.04. The van der Waals surface area contributed by atoms with Crippen molar-refractivity contribution in [1.82, 2.24) is 9.55 Å². The second-order valence-electron chi connectivity index (χ2n) is 5.57. The summed E-state index contributed by atoms with van der Waals surface area (Å²) in [5.74, 6) is 1.32. The molecular weight excluding hydrogens is 242 g/mol. The molecule has 2 rings (SSSR count). The number of esters is 1. The minimum atomic E-state index is -0.435. The Morgan fingerprint density at radius 1 is 1.53 bits per heavy atom. The predicted octanol–water partition coefficient (Wildman–Crippen LogP) is 2.64. The minimum Gasteiger partial charge on any atom is -0.461 e. The summed E-state index contributed by atoms with van der Waals surface area (Å²) < 4.78 is 6.91. The van der Waals surface area contributed by atoms with Crippen molar-refractivity contribution in [2.24, 2.45) is 11.8 Å². The molecule has 1 saturated carbocycles. The van der Waals surface area contributed by atoms with Crippen LogP contribution in [0, 0.1) is 11.8 Å². The van der Waals surface area contributed by atoms with Gasteiger partial charge in [0, 0.05) is 6.04 Å². The fourth-order valence-electron chi connectivity index (χ4n) is 3.05. The van der Waals surface area contributed by atoms with Gasteiger partial charge in [0.05, 0.1) is 12.9 Å². The summed E-state index contributed by atoms with van der Waals surface area (Å²) in [5.41, 5.74) is 6.31. The van der Waals surface area contributed by atoms with Gasteiger partial charge in [-0.3, -0.25) is 0 Å². The summed E-state index contributed by atoms with van der Waals surface area (Å²) in [4.78, 5) is 15.8. The van der Waals surface area contributed by atoms with Crippen LogP contribution in [-0.4, -0.2) is 22.1 Å². The van der Waals surface area contributed by atoms with E-state index in [0.717, 1.165) is 12.3 Å². The Morgan fingerprint density at radius 2 is 2.26 bits per heavy atom. The largest absolute Gasteiger partial charge is 0.461 e. The Bertz CT molecular complexity index is 456. The van der Waals surface area contributed by atoms with Crippen LogP contribution in [0.2, 0.25) is 0 Å². The summed E-state index contributed by atoms with van der Waals surface area (Å²) in [5, 5.41) is 0. The van der Waals surface area contributed by atoms with Crippen LogP contribution < -0.4 is 5.73 Å². The number of anilines is 1. The topological polar surface area (TPSA) is 70.1 Å². The summed E-state index contributed by atoms with van der Waals surface area (Å²) in [6.45, 7) is 6.63. The number of hydrogen-bond acceptors (Lipinski definition) is 4. The maximum atomic E-state index is 11.7. The van der Waals surface area contributed by atoms with Crippen LogP contribution in [0.3, 0.4) is 0 Å². The van der Waals surface area contributed by atoms with E-state index in [9.17, 15) is 4.79 Å². The number of aromatic nitrogens is 2. The van der Waals surface area contributed by atoms with Gasteiger partial charge in [0.25, 0.3) is 0 Å². The molecule has 0 amide bonds. The van der Waals surface area contributed by atoms with E-state index in [1.165, 1.54) is 12.8 Å². The Balaban J connectivity index is 2.20. The van der Waals surface area contributed by atoms with Crippen LogP contribution in [0.15, 0.2) is 6.33 Å². The average Bonchev–Trinajstić information content (AvgIpc) is 2.72. The highest BCUT2D eigenvalue weighted by Gasteiger charge is 2.29. The van der Waals surface area contributed by atoms with Crippen molar-refractivity contribution in [1.29, 1.82) is 0 Å². The summed E-state index contributed by atoms with van der Waals surface area (Å²) in [6.07, 6.45) is 5.16. The van der Waals surface area contributed by atoms with Gasteiger partial charge in [0.1, 0.15) is 5.82 Å². The third-order valence-electron chi connectivity index (χ3n) is 4.04. The SMILES string of the molecule is CCOC(=O)c1ncn(C2CCC(C)CC2C)c1N. The Labute approximate surface area is 114 Å². The Morgan fingerprint density at radius 3 is 2.89 bits per heavy atom. The quantitative estimate of drug-likeness (QED) is 0.853. The summed E-state index contributed by atoms with van der Waals surface area (Å²) in [6, 6.07) is 0.340. The highest BCUT2D eigenvalue weighted by molar-refractivity contribution is 5.92. The van der Waals surface area contributed by atoms with Crippen molar-refractivity contribution >= 4 is 11.8 Å². The molecule has 3 atom stereocenters. The fourth-order valence-corrected chi connectivity index (χ4v) is 3.05. The van der Waals surface area contributed by atoms with Gasteiger partial charge < -0.3 is 15.0 Å². The molecule has 0 aromatic carbocycles. The van der Waals surface area contributed by atoms with Crippen LogP contribution in [0.25, 0.3) is 0 Å². The van der Waals surface area contributed by atoms with Crippen molar-refractivity contribution in [2.75, 3.05) is 12.3 Å². The minimum absolute atomic E-state index is 0.243. The van der Waals surface area contributed by atoms with Crippen LogP contribution in [0.4, 0.5) is 5.82 Å². The molecule has 1 aliphatic carbocycles. The summed E-state index contributed by atoms with van der Waals surface area (Å²) >= 11 is 0. The van der Waals surface area contributed by atoms with Gasteiger partial charge in [-0.25, -0.2) is 9.78 Å². The number of hydrogen-bond donors (Lipinski definition) is 1. The van der Waals surface area contributed by atoms with E-state index >= 15 is 0 Å². The molecule has 5 heteroatoms. The van der Waals surface area contributed by atoms with Gasteiger partial charge in [-0.2, -0.15) is 0 Å². The van der Waals surface area contributed by atoms with Crippen molar-refractivity contribution < 1.29 is 9.53 Å². The van der Waals surface area contributed by atoms with Crippen LogP contribution in [-0.2, 0) is 4.74 Å². The molecule has 19 heavy (non-hydrogen) atoms. The average molecular weight is 265 g/mol. The second-order valence-corrected chi connectivity index (χ2v) is 5.57. The van der Waals surface area contributed by atoms with Gasteiger partial charge in [-0.1, -0.05) is 13.8 Å². The number of nitrogens with two attached hydrogens (primary N) is 1. The molecular formula is C14H23N3O2. The molecule has 1 aliphatic rings. The van der Waals surface area contributed by atoms with Gasteiger partial charge in [0.15, 0.2) is 5.69 Å². The van der Waals surface area contributed by atoms with E-state index in [2.05, 4.69) is 18.8 Å². The molecule has 1 aromatic heterocycles. The Hall–Kier alpha value is -1.52. The molecule has 0 saturated heterocycles. The lowest BCUT2D eigenvalue weighted by Gasteiger charge is -2.33. The molecule has 1 aromatic rings. The monoisotopic (exact) mass is 265 g/mol. The zero-order valence-electron chi connectivity index (χ0n) is 11.9. The van der Waals surface area contributed by atoms with Crippen molar-refractivity contribution in [2.45, 2.75) is 46.1 Å².